The summed E-state index contributed by atoms with van der Waals surface area (Å²) in [6.45, 7) is 9.10. The number of alkyl halides is 2. The molecule has 0 aliphatic heterocycles. The molecule has 0 amide bonds. The van der Waals surface area contributed by atoms with Gasteiger partial charge in [0.05, 0.1) is 13.2 Å². The van der Waals surface area contributed by atoms with Crippen LogP contribution in [-0.4, -0.2) is 82.4 Å². The summed E-state index contributed by atoms with van der Waals surface area (Å²) in [5.41, 5.74) is 0.413. The molecule has 1 aliphatic rings. The first kappa shape index (κ1) is 24.9. The summed E-state index contributed by atoms with van der Waals surface area (Å²) >= 11 is 0. The zero-order chi connectivity index (χ0) is 18.5. The molecule has 0 saturated heterocycles. The predicted molar refractivity (Wildman–Crippen MR) is 93.5 cm³/mol. The van der Waals surface area contributed by atoms with Crippen molar-refractivity contribution in [2.45, 2.75) is 52.0 Å². The Labute approximate surface area is 142 Å². The van der Waals surface area contributed by atoms with Crippen molar-refractivity contribution in [3.05, 3.63) is 0 Å². The third-order valence-corrected chi connectivity index (χ3v) is 3.42. The van der Waals surface area contributed by atoms with E-state index in [1.54, 1.807) is 21.0 Å². The van der Waals surface area contributed by atoms with E-state index in [0.29, 0.717) is 12.1 Å². The SMILES string of the molecule is CC.CCOCC(F)(F)CN(C)C.CCOCC1(N(C)C)CC1. The molecular formula is C17H38F2N2O2. The molecule has 0 aromatic rings. The van der Waals surface area contributed by atoms with Crippen molar-refractivity contribution in [2.75, 3.05) is 61.2 Å². The summed E-state index contributed by atoms with van der Waals surface area (Å²) in [7, 11) is 7.48. The van der Waals surface area contributed by atoms with Crippen LogP contribution < -0.4 is 0 Å². The molecule has 0 radical (unpaired) electrons. The standard InChI is InChI=1S/C8H17NO.C7H15F2NO.C2H6/c1-4-10-7-8(5-6-8)9(2)3;1-4-11-6-7(8,9)5-10(2)3;1-2/h4-7H2,1-3H3;4-6H2,1-3H3;1-2H3. The Morgan fingerprint density at radius 1 is 0.957 bits per heavy atom. The maximum Gasteiger partial charge on any atom is 0.283 e. The average molecular weight is 340 g/mol. The molecule has 6 heteroatoms. The predicted octanol–water partition coefficient (Wildman–Crippen LogP) is 3.36. The Balaban J connectivity index is 0. The summed E-state index contributed by atoms with van der Waals surface area (Å²) < 4.78 is 35.4. The topological polar surface area (TPSA) is 24.9 Å². The molecule has 0 N–H and O–H groups in total. The number of likely N-dealkylation sites (N-methyl/N-ethyl adjacent to an activating group) is 1. The number of hydrogen-bond donors (Lipinski definition) is 0. The van der Waals surface area contributed by atoms with E-state index >= 15 is 0 Å². The Bertz CT molecular complexity index is 271. The van der Waals surface area contributed by atoms with E-state index in [9.17, 15) is 8.78 Å². The fourth-order valence-corrected chi connectivity index (χ4v) is 1.92. The molecule has 1 fully saturated rings. The van der Waals surface area contributed by atoms with E-state index in [4.69, 9.17) is 4.74 Å². The van der Waals surface area contributed by atoms with E-state index in [1.807, 2.05) is 20.8 Å². The first-order valence-electron chi connectivity index (χ1n) is 8.54. The zero-order valence-corrected chi connectivity index (χ0v) is 16.4. The van der Waals surface area contributed by atoms with Crippen molar-refractivity contribution in [1.82, 2.24) is 9.80 Å². The van der Waals surface area contributed by atoms with Crippen LogP contribution >= 0.6 is 0 Å². The maximum atomic E-state index is 12.7. The van der Waals surface area contributed by atoms with Crippen molar-refractivity contribution in [2.24, 2.45) is 0 Å². The normalized spacial score (nSPS) is 15.7. The lowest BCUT2D eigenvalue weighted by atomic mass is 10.3. The molecule has 0 aromatic heterocycles. The Kier molecular flexibility index (Phi) is 14.1. The molecule has 1 rings (SSSR count). The molecule has 1 aliphatic carbocycles. The number of nitrogens with zero attached hydrogens (tertiary/aromatic N) is 2. The average Bonchev–Trinajstić information content (AvgIpc) is 3.26. The number of rotatable bonds is 9. The highest BCUT2D eigenvalue weighted by Gasteiger charge is 2.44. The van der Waals surface area contributed by atoms with Gasteiger partial charge in [0.15, 0.2) is 0 Å². The molecule has 4 nitrogen and oxygen atoms in total. The third-order valence-electron chi connectivity index (χ3n) is 3.42. The largest absolute Gasteiger partial charge is 0.380 e. The number of halogens is 2. The second-order valence-electron chi connectivity index (χ2n) is 5.99. The minimum atomic E-state index is -2.72. The Morgan fingerprint density at radius 3 is 1.74 bits per heavy atom. The summed E-state index contributed by atoms with van der Waals surface area (Å²) in [5, 5.41) is 0. The third kappa shape index (κ3) is 12.8. The smallest absolute Gasteiger partial charge is 0.283 e. The molecule has 0 unspecified atom stereocenters. The maximum absolute atomic E-state index is 12.7. The molecule has 0 heterocycles. The molecule has 0 spiro atoms. The fourth-order valence-electron chi connectivity index (χ4n) is 1.92. The summed E-state index contributed by atoms with van der Waals surface area (Å²) in [5.74, 6) is -2.72. The lowest BCUT2D eigenvalue weighted by Crippen LogP contribution is -2.36. The van der Waals surface area contributed by atoms with E-state index in [0.717, 1.165) is 13.2 Å². The van der Waals surface area contributed by atoms with Crippen LogP contribution in [0.2, 0.25) is 0 Å². The van der Waals surface area contributed by atoms with E-state index in [-0.39, 0.29) is 6.54 Å². The molecule has 142 valence electrons. The second kappa shape index (κ2) is 13.0. The van der Waals surface area contributed by atoms with Gasteiger partial charge in [-0.15, -0.1) is 0 Å². The zero-order valence-electron chi connectivity index (χ0n) is 16.4. The van der Waals surface area contributed by atoms with Crippen LogP contribution in [0.25, 0.3) is 0 Å². The lowest BCUT2D eigenvalue weighted by molar-refractivity contribution is -0.0865. The van der Waals surface area contributed by atoms with E-state index in [2.05, 4.69) is 23.7 Å². The Hall–Kier alpha value is -0.300. The van der Waals surface area contributed by atoms with Crippen LogP contribution in [0.5, 0.6) is 0 Å². The lowest BCUT2D eigenvalue weighted by Gasteiger charge is -2.22. The summed E-state index contributed by atoms with van der Waals surface area (Å²) in [6.07, 6.45) is 2.61. The molecule has 0 bridgehead atoms. The van der Waals surface area contributed by atoms with Gasteiger partial charge in [0.25, 0.3) is 5.92 Å². The molecule has 0 aromatic carbocycles. The number of hydrogen-bond acceptors (Lipinski definition) is 4. The number of ether oxygens (including phenoxy) is 2. The minimum Gasteiger partial charge on any atom is -0.380 e. The van der Waals surface area contributed by atoms with Crippen LogP contribution in [0, 0.1) is 0 Å². The highest BCUT2D eigenvalue weighted by molar-refractivity contribution is 5.01. The van der Waals surface area contributed by atoms with Gasteiger partial charge in [-0.1, -0.05) is 13.8 Å². The van der Waals surface area contributed by atoms with Gasteiger partial charge in [-0.05, 0) is 54.9 Å². The van der Waals surface area contributed by atoms with Gasteiger partial charge in [0.1, 0.15) is 6.61 Å². The highest BCUT2D eigenvalue weighted by atomic mass is 19.3. The van der Waals surface area contributed by atoms with Crippen molar-refractivity contribution in [1.29, 1.82) is 0 Å². The van der Waals surface area contributed by atoms with Crippen LogP contribution in [0.3, 0.4) is 0 Å². The van der Waals surface area contributed by atoms with Gasteiger partial charge in [0, 0.05) is 18.8 Å². The van der Waals surface area contributed by atoms with Crippen LogP contribution in [0.4, 0.5) is 8.78 Å². The van der Waals surface area contributed by atoms with Crippen molar-refractivity contribution < 1.29 is 18.3 Å². The van der Waals surface area contributed by atoms with E-state index < -0.39 is 12.5 Å². The first-order chi connectivity index (χ1) is 10.7. The molecule has 0 atom stereocenters. The minimum absolute atomic E-state index is 0.257. The highest BCUT2D eigenvalue weighted by Crippen LogP contribution is 2.39. The fraction of sp³-hybridized carbons (Fsp3) is 1.00. The molecule has 1 saturated carbocycles. The van der Waals surface area contributed by atoms with Crippen molar-refractivity contribution >= 4 is 0 Å². The first-order valence-corrected chi connectivity index (χ1v) is 8.54. The van der Waals surface area contributed by atoms with Crippen LogP contribution in [0.15, 0.2) is 0 Å². The summed E-state index contributed by atoms with van der Waals surface area (Å²) in [6, 6.07) is 0. The van der Waals surface area contributed by atoms with Gasteiger partial charge < -0.3 is 19.3 Å². The van der Waals surface area contributed by atoms with Crippen molar-refractivity contribution in [3.8, 4) is 0 Å². The van der Waals surface area contributed by atoms with Gasteiger partial charge in [-0.3, -0.25) is 0 Å². The van der Waals surface area contributed by atoms with Gasteiger partial charge >= 0.3 is 0 Å². The molecular weight excluding hydrogens is 302 g/mol. The quantitative estimate of drug-likeness (QED) is 0.642. The second-order valence-corrected chi connectivity index (χ2v) is 5.99. The van der Waals surface area contributed by atoms with Crippen LogP contribution in [-0.2, 0) is 9.47 Å². The van der Waals surface area contributed by atoms with Crippen LogP contribution in [0.1, 0.15) is 40.5 Å². The summed E-state index contributed by atoms with van der Waals surface area (Å²) in [4.78, 5) is 3.72. The Morgan fingerprint density at radius 2 is 1.43 bits per heavy atom. The van der Waals surface area contributed by atoms with Gasteiger partial charge in [0.2, 0.25) is 0 Å². The van der Waals surface area contributed by atoms with Gasteiger partial charge in [-0.2, -0.15) is 0 Å². The monoisotopic (exact) mass is 340 g/mol. The molecule has 23 heavy (non-hydrogen) atoms. The van der Waals surface area contributed by atoms with Crippen molar-refractivity contribution in [3.63, 3.8) is 0 Å². The van der Waals surface area contributed by atoms with E-state index in [1.165, 1.54) is 17.7 Å². The van der Waals surface area contributed by atoms with Gasteiger partial charge in [-0.25, -0.2) is 8.78 Å².